The van der Waals surface area contributed by atoms with Crippen LogP contribution in [0.1, 0.15) is 18.9 Å². The highest BCUT2D eigenvalue weighted by molar-refractivity contribution is 5.90. The van der Waals surface area contributed by atoms with E-state index in [9.17, 15) is 19.7 Å². The quantitative estimate of drug-likeness (QED) is 0.524. The van der Waals surface area contributed by atoms with Crippen LogP contribution in [0.2, 0.25) is 0 Å². The van der Waals surface area contributed by atoms with E-state index in [0.717, 1.165) is 17.5 Å². The van der Waals surface area contributed by atoms with E-state index in [1.807, 2.05) is 0 Å². The van der Waals surface area contributed by atoms with Gasteiger partial charge in [-0.05, 0) is 31.0 Å². The highest BCUT2D eigenvalue weighted by Gasteiger charge is 2.31. The van der Waals surface area contributed by atoms with Gasteiger partial charge in [-0.25, -0.2) is 9.48 Å². The summed E-state index contributed by atoms with van der Waals surface area (Å²) in [7, 11) is 0. The number of hydrogen-bond donors (Lipinski definition) is 1. The summed E-state index contributed by atoms with van der Waals surface area (Å²) in [6.07, 6.45) is 3.24. The molecular weight excluding hydrogens is 354 g/mol. The highest BCUT2D eigenvalue weighted by Crippen LogP contribution is 2.36. The van der Waals surface area contributed by atoms with E-state index >= 15 is 0 Å². The molecule has 27 heavy (non-hydrogen) atoms. The average Bonchev–Trinajstić information content (AvgIpc) is 3.22. The number of amides is 1. The third kappa shape index (κ3) is 3.36. The Hall–Kier alpha value is -3.69. The van der Waals surface area contributed by atoms with Crippen molar-refractivity contribution in [2.75, 3.05) is 5.32 Å². The number of nitrogens with zero attached hydrogens (tertiary/aromatic N) is 4. The molecule has 0 spiro atoms. The maximum Gasteiger partial charge on any atom is 0.347 e. The average molecular weight is 369 g/mol. The zero-order valence-corrected chi connectivity index (χ0v) is 14.1. The van der Waals surface area contributed by atoms with Gasteiger partial charge in [-0.3, -0.25) is 19.5 Å². The van der Waals surface area contributed by atoms with Crippen LogP contribution >= 0.6 is 0 Å². The van der Waals surface area contributed by atoms with E-state index in [1.54, 1.807) is 16.7 Å². The standard InChI is InChI=1S/C17H15N5O5/c23-15(18-11-3-1-4-13(9-11)22(25)26)10-20-17(24)21(12-6-7-12)16(19-20)14-5-2-8-27-14/h1-5,8-9,12H,6-7,10H2,(H,18,23). The normalized spacial score (nSPS) is 13.5. The molecule has 138 valence electrons. The summed E-state index contributed by atoms with van der Waals surface area (Å²) in [5.74, 6) is 0.330. The first kappa shape index (κ1) is 16.8. The molecule has 0 radical (unpaired) electrons. The van der Waals surface area contributed by atoms with Crippen molar-refractivity contribution in [1.82, 2.24) is 14.3 Å². The number of nitrogens with one attached hydrogen (secondary N) is 1. The molecule has 1 amide bonds. The summed E-state index contributed by atoms with van der Waals surface area (Å²) >= 11 is 0. The van der Waals surface area contributed by atoms with Crippen LogP contribution in [0.15, 0.2) is 51.9 Å². The van der Waals surface area contributed by atoms with E-state index in [2.05, 4.69) is 10.4 Å². The zero-order valence-electron chi connectivity index (χ0n) is 14.1. The highest BCUT2D eigenvalue weighted by atomic mass is 16.6. The van der Waals surface area contributed by atoms with Crippen LogP contribution in [0.5, 0.6) is 0 Å². The molecule has 0 atom stereocenters. The first-order chi connectivity index (χ1) is 13.0. The number of anilines is 1. The molecule has 0 aliphatic heterocycles. The van der Waals surface area contributed by atoms with Crippen molar-refractivity contribution in [3.8, 4) is 11.6 Å². The number of carbonyl (C=O) groups excluding carboxylic acids is 1. The van der Waals surface area contributed by atoms with Gasteiger partial charge in [-0.15, -0.1) is 5.10 Å². The lowest BCUT2D eigenvalue weighted by Gasteiger charge is -2.04. The first-order valence-electron chi connectivity index (χ1n) is 8.30. The number of nitro groups is 1. The van der Waals surface area contributed by atoms with Gasteiger partial charge in [0.15, 0.2) is 5.76 Å². The fourth-order valence-corrected chi connectivity index (χ4v) is 2.79. The molecule has 2 aromatic heterocycles. The number of hydrogen-bond acceptors (Lipinski definition) is 6. The molecule has 1 aliphatic carbocycles. The van der Waals surface area contributed by atoms with Gasteiger partial charge in [0.1, 0.15) is 6.54 Å². The fourth-order valence-electron chi connectivity index (χ4n) is 2.79. The van der Waals surface area contributed by atoms with Crippen molar-refractivity contribution < 1.29 is 14.1 Å². The van der Waals surface area contributed by atoms with Crippen LogP contribution in [0, 0.1) is 10.1 Å². The lowest BCUT2D eigenvalue weighted by atomic mass is 10.3. The molecule has 2 heterocycles. The Morgan fingerprint density at radius 2 is 2.15 bits per heavy atom. The van der Waals surface area contributed by atoms with Gasteiger partial charge in [0.25, 0.3) is 5.69 Å². The molecule has 1 N–H and O–H groups in total. The summed E-state index contributed by atoms with van der Waals surface area (Å²) in [4.78, 5) is 35.2. The Bertz CT molecular complexity index is 1060. The number of benzene rings is 1. The lowest BCUT2D eigenvalue weighted by molar-refractivity contribution is -0.384. The molecule has 3 aromatic rings. The van der Waals surface area contributed by atoms with Crippen LogP contribution < -0.4 is 11.0 Å². The van der Waals surface area contributed by atoms with Gasteiger partial charge >= 0.3 is 5.69 Å². The van der Waals surface area contributed by atoms with Crippen LogP contribution in [0.25, 0.3) is 11.6 Å². The van der Waals surface area contributed by atoms with Crippen molar-refractivity contribution in [2.24, 2.45) is 0 Å². The van der Waals surface area contributed by atoms with Crippen LogP contribution in [0.3, 0.4) is 0 Å². The minimum Gasteiger partial charge on any atom is -0.461 e. The van der Waals surface area contributed by atoms with Crippen LogP contribution in [-0.4, -0.2) is 25.2 Å². The SMILES string of the molecule is O=C(Cn1nc(-c2ccco2)n(C2CC2)c1=O)Nc1cccc([N+](=O)[O-])c1. The summed E-state index contributed by atoms with van der Waals surface area (Å²) in [5.41, 5.74) is -0.253. The van der Waals surface area contributed by atoms with E-state index in [-0.39, 0.29) is 24.0 Å². The van der Waals surface area contributed by atoms with Crippen molar-refractivity contribution >= 4 is 17.3 Å². The second-order valence-electron chi connectivity index (χ2n) is 6.20. The molecule has 1 aliphatic rings. The molecular formula is C17H15N5O5. The number of non-ortho nitro benzene ring substituents is 1. The Morgan fingerprint density at radius 3 is 2.81 bits per heavy atom. The third-order valence-electron chi connectivity index (χ3n) is 4.16. The summed E-state index contributed by atoms with van der Waals surface area (Å²) in [6, 6.07) is 9.04. The van der Waals surface area contributed by atoms with Gasteiger partial charge in [-0.2, -0.15) is 0 Å². The molecule has 0 saturated heterocycles. The fraction of sp³-hybridized carbons (Fsp3) is 0.235. The number of rotatable bonds is 6. The minimum atomic E-state index is -0.549. The molecule has 1 fully saturated rings. The number of aromatic nitrogens is 3. The Labute approximate surface area is 152 Å². The zero-order chi connectivity index (χ0) is 19.0. The van der Waals surface area contributed by atoms with Gasteiger partial charge in [0, 0.05) is 23.9 Å². The molecule has 1 saturated carbocycles. The number of carbonyl (C=O) groups is 1. The van der Waals surface area contributed by atoms with Crippen LogP contribution in [0.4, 0.5) is 11.4 Å². The molecule has 0 unspecified atom stereocenters. The van der Waals surface area contributed by atoms with E-state index in [1.165, 1.54) is 30.5 Å². The summed E-state index contributed by atoms with van der Waals surface area (Å²) in [5, 5.41) is 17.6. The molecule has 4 rings (SSSR count). The first-order valence-corrected chi connectivity index (χ1v) is 8.30. The van der Waals surface area contributed by atoms with E-state index in [0.29, 0.717) is 11.6 Å². The molecule has 1 aromatic carbocycles. The maximum atomic E-state index is 12.7. The van der Waals surface area contributed by atoms with Crippen LogP contribution in [-0.2, 0) is 11.3 Å². The predicted octanol–water partition coefficient (Wildman–Crippen LogP) is 2.19. The van der Waals surface area contributed by atoms with Gasteiger partial charge in [-0.1, -0.05) is 6.07 Å². The Balaban J connectivity index is 1.57. The predicted molar refractivity (Wildman–Crippen MR) is 94.2 cm³/mol. The third-order valence-corrected chi connectivity index (χ3v) is 4.16. The maximum absolute atomic E-state index is 12.7. The number of furan rings is 1. The molecule has 0 bridgehead atoms. The largest absolute Gasteiger partial charge is 0.461 e. The Morgan fingerprint density at radius 1 is 1.33 bits per heavy atom. The molecule has 10 heteroatoms. The summed E-state index contributed by atoms with van der Waals surface area (Å²) < 4.78 is 7.96. The summed E-state index contributed by atoms with van der Waals surface area (Å²) in [6.45, 7) is -0.311. The van der Waals surface area contributed by atoms with Crippen molar-refractivity contribution in [1.29, 1.82) is 0 Å². The monoisotopic (exact) mass is 369 g/mol. The van der Waals surface area contributed by atoms with Gasteiger partial charge in [0.2, 0.25) is 11.7 Å². The number of nitro benzene ring substituents is 1. The van der Waals surface area contributed by atoms with Crippen molar-refractivity contribution in [2.45, 2.75) is 25.4 Å². The molecule has 10 nitrogen and oxygen atoms in total. The lowest BCUT2D eigenvalue weighted by Crippen LogP contribution is -2.30. The Kier molecular flexibility index (Phi) is 4.07. The van der Waals surface area contributed by atoms with Gasteiger partial charge < -0.3 is 9.73 Å². The second kappa shape index (κ2) is 6.56. The topological polar surface area (TPSA) is 125 Å². The van der Waals surface area contributed by atoms with E-state index < -0.39 is 16.5 Å². The van der Waals surface area contributed by atoms with Crippen molar-refractivity contribution in [3.05, 3.63) is 63.3 Å². The van der Waals surface area contributed by atoms with E-state index in [4.69, 9.17) is 4.42 Å². The van der Waals surface area contributed by atoms with Crippen molar-refractivity contribution in [3.63, 3.8) is 0 Å². The van der Waals surface area contributed by atoms with Gasteiger partial charge in [0.05, 0.1) is 11.2 Å². The minimum absolute atomic E-state index is 0.0613. The smallest absolute Gasteiger partial charge is 0.347 e. The second-order valence-corrected chi connectivity index (χ2v) is 6.20.